The van der Waals surface area contributed by atoms with Crippen molar-refractivity contribution in [3.63, 3.8) is 0 Å². The van der Waals surface area contributed by atoms with Gasteiger partial charge in [0.1, 0.15) is 5.75 Å². The van der Waals surface area contributed by atoms with Gasteiger partial charge in [-0.15, -0.1) is 0 Å². The quantitative estimate of drug-likeness (QED) is 0.363. The summed E-state index contributed by atoms with van der Waals surface area (Å²) in [5.74, 6) is 2.00. The van der Waals surface area contributed by atoms with Gasteiger partial charge in [0.2, 0.25) is 6.23 Å². The van der Waals surface area contributed by atoms with Gasteiger partial charge in [-0.1, -0.05) is 68.2 Å². The summed E-state index contributed by atoms with van der Waals surface area (Å²) in [7, 11) is 3.26. The minimum atomic E-state index is -0.419. The summed E-state index contributed by atoms with van der Waals surface area (Å²) >= 11 is 13.0. The Morgan fingerprint density at radius 2 is 1.66 bits per heavy atom. The molecule has 0 saturated heterocycles. The Morgan fingerprint density at radius 1 is 0.943 bits per heavy atom. The fourth-order valence-electron chi connectivity index (χ4n) is 4.67. The van der Waals surface area contributed by atoms with E-state index in [0.29, 0.717) is 33.7 Å². The number of halogens is 2. The second kappa shape index (κ2) is 8.96. The largest absolute Gasteiger partial charge is 0.493 e. The van der Waals surface area contributed by atoms with E-state index < -0.39 is 6.23 Å². The summed E-state index contributed by atoms with van der Waals surface area (Å²) in [6, 6.07) is 18.0. The van der Waals surface area contributed by atoms with Crippen molar-refractivity contribution >= 4 is 28.9 Å². The van der Waals surface area contributed by atoms with E-state index in [0.717, 1.165) is 22.4 Å². The van der Waals surface area contributed by atoms with E-state index in [4.69, 9.17) is 42.5 Å². The van der Waals surface area contributed by atoms with Gasteiger partial charge in [-0.25, -0.2) is 5.01 Å². The van der Waals surface area contributed by atoms with Gasteiger partial charge in [0.05, 0.1) is 31.0 Å². The molecule has 3 aromatic carbocycles. The van der Waals surface area contributed by atoms with Gasteiger partial charge in [-0.3, -0.25) is 0 Å². The predicted molar refractivity (Wildman–Crippen MR) is 140 cm³/mol. The van der Waals surface area contributed by atoms with Crippen LogP contribution in [-0.4, -0.2) is 24.9 Å². The Morgan fingerprint density at radius 3 is 2.31 bits per heavy atom. The van der Waals surface area contributed by atoms with Crippen LogP contribution in [0.15, 0.2) is 59.7 Å². The van der Waals surface area contributed by atoms with Crippen LogP contribution in [0.5, 0.6) is 17.2 Å². The molecular weight excluding hydrogens is 483 g/mol. The average molecular weight is 511 g/mol. The van der Waals surface area contributed by atoms with E-state index in [9.17, 15) is 0 Å². The van der Waals surface area contributed by atoms with Crippen molar-refractivity contribution in [3.8, 4) is 17.2 Å². The van der Waals surface area contributed by atoms with Crippen LogP contribution >= 0.6 is 23.2 Å². The SMILES string of the molecule is COc1ccc(C2=NN3[C@@H](c4ccc(C(C)(C)C)cc4)Oc4c(Cl)cc(Cl)cc4[C@@H]3C2)cc1OC. The molecule has 0 spiro atoms. The molecule has 0 unspecified atom stereocenters. The highest BCUT2D eigenvalue weighted by Gasteiger charge is 2.42. The van der Waals surface area contributed by atoms with Crippen molar-refractivity contribution in [3.05, 3.63) is 86.9 Å². The third-order valence-corrected chi connectivity index (χ3v) is 7.09. The van der Waals surface area contributed by atoms with E-state index in [1.165, 1.54) is 5.56 Å². The Hall–Kier alpha value is -2.89. The zero-order valence-corrected chi connectivity index (χ0v) is 21.9. The lowest BCUT2D eigenvalue weighted by Gasteiger charge is -2.38. The molecule has 0 amide bonds. The monoisotopic (exact) mass is 510 g/mol. The maximum absolute atomic E-state index is 6.61. The second-order valence-corrected chi connectivity index (χ2v) is 10.7. The third kappa shape index (κ3) is 4.32. The first-order chi connectivity index (χ1) is 16.7. The topological polar surface area (TPSA) is 43.3 Å². The molecule has 2 atom stereocenters. The number of hydrogen-bond donors (Lipinski definition) is 0. The number of nitrogens with zero attached hydrogens (tertiary/aromatic N) is 2. The first kappa shape index (κ1) is 23.8. The molecule has 182 valence electrons. The maximum Gasteiger partial charge on any atom is 0.213 e. The molecule has 0 N–H and O–H groups in total. The zero-order chi connectivity index (χ0) is 24.9. The maximum atomic E-state index is 6.61. The number of benzene rings is 3. The van der Waals surface area contributed by atoms with Crippen molar-refractivity contribution < 1.29 is 14.2 Å². The highest BCUT2D eigenvalue weighted by Crippen LogP contribution is 2.51. The highest BCUT2D eigenvalue weighted by atomic mass is 35.5. The van der Waals surface area contributed by atoms with E-state index in [2.05, 4.69) is 45.0 Å². The molecule has 3 aromatic rings. The predicted octanol–water partition coefficient (Wildman–Crippen LogP) is 7.55. The summed E-state index contributed by atoms with van der Waals surface area (Å²) < 4.78 is 17.4. The van der Waals surface area contributed by atoms with Crippen molar-refractivity contribution in [1.29, 1.82) is 0 Å². The number of ether oxygens (including phenoxy) is 3. The summed E-state index contributed by atoms with van der Waals surface area (Å²) in [5, 5.41) is 8.14. The number of fused-ring (bicyclic) bond motifs is 3. The summed E-state index contributed by atoms with van der Waals surface area (Å²) in [4.78, 5) is 0. The van der Waals surface area contributed by atoms with Gasteiger partial charge < -0.3 is 14.2 Å². The minimum Gasteiger partial charge on any atom is -0.493 e. The molecule has 0 saturated carbocycles. The Balaban J connectivity index is 1.59. The molecule has 0 fully saturated rings. The third-order valence-electron chi connectivity index (χ3n) is 6.59. The standard InChI is InChI=1S/C28H28Cl2N2O3/c1-28(2,3)18-9-6-16(7-10-18)27-32-23(20-13-19(29)14-21(30)26(20)35-27)15-22(31-32)17-8-11-24(33-4)25(12-17)34-5/h6-14,23,27H,15H2,1-5H3/t23-,27+/m0/s1. The van der Waals surface area contributed by atoms with Crippen LogP contribution in [0, 0.1) is 0 Å². The van der Waals surface area contributed by atoms with E-state index in [-0.39, 0.29) is 11.5 Å². The van der Waals surface area contributed by atoms with Gasteiger partial charge in [0.25, 0.3) is 0 Å². The first-order valence-corrected chi connectivity index (χ1v) is 12.3. The summed E-state index contributed by atoms with van der Waals surface area (Å²) in [6.45, 7) is 6.61. The fraction of sp³-hybridized carbons (Fsp3) is 0.321. The van der Waals surface area contributed by atoms with Gasteiger partial charge in [0, 0.05) is 28.1 Å². The molecule has 0 aliphatic carbocycles. The zero-order valence-electron chi connectivity index (χ0n) is 20.4. The molecule has 0 bridgehead atoms. The number of rotatable bonds is 4. The summed E-state index contributed by atoms with van der Waals surface area (Å²) in [6.07, 6.45) is 0.261. The first-order valence-electron chi connectivity index (χ1n) is 11.5. The summed E-state index contributed by atoms with van der Waals surface area (Å²) in [5.41, 5.74) is 5.16. The number of hydrogen-bond acceptors (Lipinski definition) is 5. The van der Waals surface area contributed by atoms with Crippen molar-refractivity contribution in [1.82, 2.24) is 5.01 Å². The van der Waals surface area contributed by atoms with Gasteiger partial charge >= 0.3 is 0 Å². The van der Waals surface area contributed by atoms with Crippen LogP contribution in [0.3, 0.4) is 0 Å². The second-order valence-electron chi connectivity index (χ2n) is 9.86. The number of methoxy groups -OCH3 is 2. The van der Waals surface area contributed by atoms with Crippen LogP contribution in [0.2, 0.25) is 10.0 Å². The lowest BCUT2D eigenvalue weighted by Crippen LogP contribution is -2.34. The Kier molecular flexibility index (Phi) is 6.10. The molecule has 2 aliphatic heterocycles. The molecule has 0 aromatic heterocycles. The minimum absolute atomic E-state index is 0.0630. The normalized spacial score (nSPS) is 18.9. The molecule has 5 rings (SSSR count). The van der Waals surface area contributed by atoms with Crippen LogP contribution in [0.4, 0.5) is 0 Å². The lowest BCUT2D eigenvalue weighted by molar-refractivity contribution is -0.0189. The molecule has 7 heteroatoms. The lowest BCUT2D eigenvalue weighted by atomic mass is 9.86. The van der Waals surface area contributed by atoms with Crippen molar-refractivity contribution in [2.45, 2.75) is 44.9 Å². The van der Waals surface area contributed by atoms with Gasteiger partial charge in [-0.2, -0.15) is 5.10 Å². The fourth-order valence-corrected chi connectivity index (χ4v) is 5.23. The molecule has 5 nitrogen and oxygen atoms in total. The van der Waals surface area contributed by atoms with E-state index in [1.54, 1.807) is 20.3 Å². The van der Waals surface area contributed by atoms with Crippen molar-refractivity contribution in [2.24, 2.45) is 5.10 Å². The van der Waals surface area contributed by atoms with Crippen LogP contribution in [0.1, 0.15) is 61.7 Å². The molecule has 2 aliphatic rings. The number of hydrazone groups is 1. The van der Waals surface area contributed by atoms with Gasteiger partial charge in [0.15, 0.2) is 11.5 Å². The molecule has 35 heavy (non-hydrogen) atoms. The van der Waals surface area contributed by atoms with Crippen LogP contribution in [-0.2, 0) is 5.41 Å². The Labute approximate surface area is 216 Å². The van der Waals surface area contributed by atoms with E-state index in [1.807, 2.05) is 29.3 Å². The van der Waals surface area contributed by atoms with Crippen molar-refractivity contribution in [2.75, 3.05) is 14.2 Å². The molecule has 2 heterocycles. The van der Waals surface area contributed by atoms with E-state index >= 15 is 0 Å². The van der Waals surface area contributed by atoms with Crippen LogP contribution < -0.4 is 14.2 Å². The molecule has 0 radical (unpaired) electrons. The Bertz CT molecular complexity index is 1300. The van der Waals surface area contributed by atoms with Gasteiger partial charge in [-0.05, 0) is 41.3 Å². The highest BCUT2D eigenvalue weighted by molar-refractivity contribution is 6.35. The smallest absolute Gasteiger partial charge is 0.213 e. The molecular formula is C28H28Cl2N2O3. The average Bonchev–Trinajstić information content (AvgIpc) is 3.28. The van der Waals surface area contributed by atoms with Crippen LogP contribution in [0.25, 0.3) is 0 Å².